The summed E-state index contributed by atoms with van der Waals surface area (Å²) in [6, 6.07) is 15.2. The van der Waals surface area contributed by atoms with E-state index in [-0.39, 0.29) is 25.6 Å². The van der Waals surface area contributed by atoms with Crippen LogP contribution in [0.1, 0.15) is 91.8 Å². The quantitative estimate of drug-likeness (QED) is 0.132. The van der Waals surface area contributed by atoms with E-state index in [9.17, 15) is 14.4 Å². The number of rotatable bonds is 6. The van der Waals surface area contributed by atoms with Crippen LogP contribution in [0, 0.1) is 0 Å². The number of ether oxygens (including phenoxy) is 5. The Morgan fingerprint density at radius 1 is 0.638 bits per heavy atom. The molecule has 47 heavy (non-hydrogen) atoms. The fraction of sp³-hybridized carbons (Fsp3) is 0.583. The van der Waals surface area contributed by atoms with Gasteiger partial charge in [0.2, 0.25) is 0 Å². The van der Waals surface area contributed by atoms with Crippen LogP contribution in [-0.4, -0.2) is 71.7 Å². The summed E-state index contributed by atoms with van der Waals surface area (Å²) in [6.45, 7) is 17.9. The van der Waals surface area contributed by atoms with Crippen molar-refractivity contribution in [3.63, 3.8) is 0 Å². The second-order valence-corrected chi connectivity index (χ2v) is 13.6. The molecular weight excluding hydrogens is 606 g/mol. The lowest BCUT2D eigenvalue weighted by Gasteiger charge is -2.20. The van der Waals surface area contributed by atoms with Crippen molar-refractivity contribution in [2.75, 3.05) is 32.2 Å². The van der Waals surface area contributed by atoms with E-state index in [1.807, 2.05) is 69.3 Å². The van der Waals surface area contributed by atoms with Gasteiger partial charge in [0.1, 0.15) is 16.8 Å². The van der Waals surface area contributed by atoms with Crippen molar-refractivity contribution in [3.05, 3.63) is 65.2 Å². The van der Waals surface area contributed by atoms with E-state index in [2.05, 4.69) is 4.74 Å². The van der Waals surface area contributed by atoms with Gasteiger partial charge >= 0.3 is 18.3 Å². The fourth-order valence-electron chi connectivity index (χ4n) is 3.43. The number of benzene rings is 2. The zero-order valence-corrected chi connectivity index (χ0v) is 29.7. The standard InChI is InChI=1S/C14H20O3.C10H18O5.C8H11NO.C4H8O/c1-14(2,3)17-13(16)10-12-6-4-11(5-7-12)8-9-15;1-9(2,3)14-7(11)13-8(12)15-10(4,5)6;9-8-3-1-7(2-4-8)5-6-10;1-2-4-5-3-1/h4-7,15H,8-10H2,1-3H3;1-6H3;1-4,10H,5-6,9H2;1-4H2. The van der Waals surface area contributed by atoms with E-state index >= 15 is 0 Å². The van der Waals surface area contributed by atoms with Crippen LogP contribution in [0.5, 0.6) is 0 Å². The van der Waals surface area contributed by atoms with Crippen molar-refractivity contribution in [1.29, 1.82) is 0 Å². The molecule has 0 unspecified atom stereocenters. The van der Waals surface area contributed by atoms with Crippen molar-refractivity contribution in [3.8, 4) is 0 Å². The number of aliphatic hydroxyl groups is 2. The summed E-state index contributed by atoms with van der Waals surface area (Å²) in [5, 5.41) is 17.3. The number of hydrogen-bond acceptors (Lipinski definition) is 11. The molecule has 0 atom stereocenters. The summed E-state index contributed by atoms with van der Waals surface area (Å²) in [6.07, 6.45) is 2.08. The molecular formula is C36H57NO10. The molecule has 1 saturated heterocycles. The van der Waals surface area contributed by atoms with Crippen LogP contribution in [0.2, 0.25) is 0 Å². The van der Waals surface area contributed by atoms with Crippen molar-refractivity contribution < 1.29 is 48.3 Å². The predicted molar refractivity (Wildman–Crippen MR) is 182 cm³/mol. The van der Waals surface area contributed by atoms with Crippen LogP contribution in [-0.2, 0) is 47.7 Å². The van der Waals surface area contributed by atoms with Gasteiger partial charge in [0, 0.05) is 32.1 Å². The number of anilines is 1. The molecule has 3 rings (SSSR count). The van der Waals surface area contributed by atoms with Gasteiger partial charge in [-0.2, -0.15) is 0 Å². The Bertz CT molecular complexity index is 1120. The third-order valence-electron chi connectivity index (χ3n) is 5.35. The van der Waals surface area contributed by atoms with Crippen LogP contribution in [0.15, 0.2) is 48.5 Å². The lowest BCUT2D eigenvalue weighted by Crippen LogP contribution is -2.29. The molecule has 2 aromatic carbocycles. The van der Waals surface area contributed by atoms with Crippen LogP contribution in [0.3, 0.4) is 0 Å². The summed E-state index contributed by atoms with van der Waals surface area (Å²) in [4.78, 5) is 33.6. The molecule has 11 heteroatoms. The molecule has 0 aliphatic carbocycles. The van der Waals surface area contributed by atoms with E-state index in [0.717, 1.165) is 35.6 Å². The molecule has 1 aliphatic rings. The largest absolute Gasteiger partial charge is 0.519 e. The Morgan fingerprint density at radius 2 is 1.00 bits per heavy atom. The average Bonchev–Trinajstić information content (AvgIpc) is 3.49. The van der Waals surface area contributed by atoms with Crippen molar-refractivity contribution >= 4 is 24.0 Å². The van der Waals surface area contributed by atoms with E-state index in [1.54, 1.807) is 41.5 Å². The lowest BCUT2D eigenvalue weighted by atomic mass is 10.1. The maximum absolute atomic E-state index is 11.6. The molecule has 11 nitrogen and oxygen atoms in total. The highest BCUT2D eigenvalue weighted by Gasteiger charge is 2.24. The van der Waals surface area contributed by atoms with Crippen molar-refractivity contribution in [1.82, 2.24) is 0 Å². The minimum absolute atomic E-state index is 0.144. The number of carbonyl (C=O) groups is 3. The smallest absolute Gasteiger partial charge is 0.460 e. The molecule has 0 amide bonds. The minimum atomic E-state index is -1.06. The Balaban J connectivity index is 0.000000641. The van der Waals surface area contributed by atoms with Gasteiger partial charge in [-0.3, -0.25) is 4.79 Å². The third kappa shape index (κ3) is 27.2. The zero-order valence-electron chi connectivity index (χ0n) is 29.7. The molecule has 0 spiro atoms. The third-order valence-corrected chi connectivity index (χ3v) is 5.35. The second-order valence-electron chi connectivity index (χ2n) is 13.6. The SMILES string of the molecule is C1CCOC1.CC(C)(C)OC(=O)Cc1ccc(CCO)cc1.CC(C)(C)OC(=O)OC(=O)OC(C)(C)C.Nc1ccc(CCO)cc1. The molecule has 4 N–H and O–H groups in total. The van der Waals surface area contributed by atoms with Gasteiger partial charge in [0.05, 0.1) is 6.42 Å². The summed E-state index contributed by atoms with van der Waals surface area (Å²) in [7, 11) is 0. The molecule has 0 bridgehead atoms. The maximum Gasteiger partial charge on any atom is 0.519 e. The summed E-state index contributed by atoms with van der Waals surface area (Å²) in [5.41, 5.74) is 7.52. The normalized spacial score (nSPS) is 12.5. The number of nitrogens with two attached hydrogens (primary N) is 1. The zero-order chi connectivity index (χ0) is 36.1. The van der Waals surface area contributed by atoms with Crippen molar-refractivity contribution in [2.45, 2.75) is 111 Å². The van der Waals surface area contributed by atoms with Crippen LogP contribution >= 0.6 is 0 Å². The fourth-order valence-corrected chi connectivity index (χ4v) is 3.43. The highest BCUT2D eigenvalue weighted by molar-refractivity contribution is 5.77. The molecule has 0 radical (unpaired) electrons. The lowest BCUT2D eigenvalue weighted by molar-refractivity contribution is -0.153. The monoisotopic (exact) mass is 663 g/mol. The van der Waals surface area contributed by atoms with Gasteiger partial charge in [-0.05, 0) is 117 Å². The molecule has 1 heterocycles. The summed E-state index contributed by atoms with van der Waals surface area (Å²) >= 11 is 0. The number of aliphatic hydroxyl groups excluding tert-OH is 2. The van der Waals surface area contributed by atoms with E-state index in [4.69, 9.17) is 34.9 Å². The predicted octanol–water partition coefficient (Wildman–Crippen LogP) is 6.58. The molecule has 266 valence electrons. The number of carbonyl (C=O) groups excluding carboxylic acids is 3. The highest BCUT2D eigenvalue weighted by Crippen LogP contribution is 2.13. The van der Waals surface area contributed by atoms with Gasteiger partial charge < -0.3 is 39.6 Å². The first-order chi connectivity index (χ1) is 21.7. The average molecular weight is 664 g/mol. The first kappa shape index (κ1) is 43.3. The van der Waals surface area contributed by atoms with Gasteiger partial charge in [0.25, 0.3) is 0 Å². The van der Waals surface area contributed by atoms with E-state index in [1.165, 1.54) is 12.8 Å². The van der Waals surface area contributed by atoms with Gasteiger partial charge in [-0.1, -0.05) is 36.4 Å². The Hall–Kier alpha value is -3.67. The molecule has 0 saturated carbocycles. The van der Waals surface area contributed by atoms with Gasteiger partial charge in [-0.25, -0.2) is 9.59 Å². The minimum Gasteiger partial charge on any atom is -0.460 e. The van der Waals surface area contributed by atoms with E-state index < -0.39 is 29.1 Å². The Labute approximate surface area is 280 Å². The summed E-state index contributed by atoms with van der Waals surface area (Å²) < 4.78 is 24.0. The van der Waals surface area contributed by atoms with E-state index in [0.29, 0.717) is 12.8 Å². The molecule has 1 fully saturated rings. The van der Waals surface area contributed by atoms with Gasteiger partial charge in [0.15, 0.2) is 0 Å². The highest BCUT2D eigenvalue weighted by atomic mass is 16.8. The molecule has 2 aromatic rings. The number of hydrogen-bond donors (Lipinski definition) is 3. The van der Waals surface area contributed by atoms with Crippen LogP contribution < -0.4 is 5.73 Å². The first-order valence-corrected chi connectivity index (χ1v) is 15.8. The van der Waals surface area contributed by atoms with Gasteiger partial charge in [-0.15, -0.1) is 0 Å². The van der Waals surface area contributed by atoms with Crippen molar-refractivity contribution in [2.24, 2.45) is 0 Å². The van der Waals surface area contributed by atoms with Crippen LogP contribution in [0.4, 0.5) is 15.3 Å². The van der Waals surface area contributed by atoms with Crippen LogP contribution in [0.25, 0.3) is 0 Å². The molecule has 0 aromatic heterocycles. The first-order valence-electron chi connectivity index (χ1n) is 15.8. The summed E-state index contributed by atoms with van der Waals surface area (Å²) in [5.74, 6) is -0.215. The molecule has 1 aliphatic heterocycles. The topological polar surface area (TPSA) is 164 Å². The number of esters is 1. The second kappa shape index (κ2) is 22.0. The Kier molecular flexibility index (Phi) is 20.3. The number of nitrogen functional groups attached to an aromatic ring is 1. The Morgan fingerprint density at radius 3 is 1.32 bits per heavy atom. The maximum atomic E-state index is 11.6.